The van der Waals surface area contributed by atoms with Crippen LogP contribution < -0.4 is 5.73 Å². The first-order chi connectivity index (χ1) is 10.8. The molecule has 2 heterocycles. The van der Waals surface area contributed by atoms with E-state index < -0.39 is 0 Å². The molecule has 0 radical (unpaired) electrons. The van der Waals surface area contributed by atoms with Crippen molar-refractivity contribution in [2.24, 2.45) is 17.6 Å². The van der Waals surface area contributed by atoms with E-state index in [1.54, 1.807) is 0 Å². The van der Waals surface area contributed by atoms with E-state index in [1.807, 2.05) is 30.3 Å². The van der Waals surface area contributed by atoms with Crippen molar-refractivity contribution in [2.45, 2.75) is 31.8 Å². The lowest BCUT2D eigenvalue weighted by molar-refractivity contribution is 0.259. The van der Waals surface area contributed by atoms with Crippen LogP contribution in [0.15, 0.2) is 34.9 Å². The van der Waals surface area contributed by atoms with Crippen LogP contribution in [0, 0.1) is 11.8 Å². The Kier molecular flexibility index (Phi) is 3.68. The Labute approximate surface area is 130 Å². The SMILES string of the molecule is NC1CCCC2CN(Cc3noc(-c4ccccc4)n3)CC12. The van der Waals surface area contributed by atoms with E-state index in [1.165, 1.54) is 19.3 Å². The molecule has 4 rings (SSSR count). The lowest BCUT2D eigenvalue weighted by Crippen LogP contribution is -2.38. The van der Waals surface area contributed by atoms with Crippen LogP contribution in [0.25, 0.3) is 11.5 Å². The lowest BCUT2D eigenvalue weighted by Gasteiger charge is -2.29. The summed E-state index contributed by atoms with van der Waals surface area (Å²) in [5, 5.41) is 4.13. The maximum Gasteiger partial charge on any atom is 0.257 e. The Morgan fingerprint density at radius 2 is 2.05 bits per heavy atom. The highest BCUT2D eigenvalue weighted by molar-refractivity contribution is 5.51. The van der Waals surface area contributed by atoms with Gasteiger partial charge in [-0.3, -0.25) is 4.90 Å². The number of fused-ring (bicyclic) bond motifs is 1. The molecule has 0 amide bonds. The molecule has 1 aliphatic heterocycles. The molecular formula is C17H22N4O. The minimum absolute atomic E-state index is 0.369. The van der Waals surface area contributed by atoms with Crippen molar-refractivity contribution in [3.63, 3.8) is 0 Å². The van der Waals surface area contributed by atoms with Crippen LogP contribution in [-0.2, 0) is 6.54 Å². The van der Waals surface area contributed by atoms with Crippen molar-refractivity contribution in [1.82, 2.24) is 15.0 Å². The summed E-state index contributed by atoms with van der Waals surface area (Å²) in [4.78, 5) is 6.96. The van der Waals surface area contributed by atoms with Gasteiger partial charge < -0.3 is 10.3 Å². The zero-order valence-corrected chi connectivity index (χ0v) is 12.7. The van der Waals surface area contributed by atoms with Crippen LogP contribution in [0.3, 0.4) is 0 Å². The summed E-state index contributed by atoms with van der Waals surface area (Å²) in [5.74, 6) is 2.77. The number of nitrogens with two attached hydrogens (primary N) is 1. The summed E-state index contributed by atoms with van der Waals surface area (Å²) in [7, 11) is 0. The van der Waals surface area contributed by atoms with Crippen LogP contribution in [-0.4, -0.2) is 34.2 Å². The number of rotatable bonds is 3. The Bertz CT molecular complexity index is 627. The first-order valence-corrected chi connectivity index (χ1v) is 8.15. The Hall–Kier alpha value is -1.72. The molecule has 22 heavy (non-hydrogen) atoms. The van der Waals surface area contributed by atoms with E-state index in [2.05, 4.69) is 15.0 Å². The smallest absolute Gasteiger partial charge is 0.257 e. The number of benzene rings is 1. The number of hydrogen-bond donors (Lipinski definition) is 1. The largest absolute Gasteiger partial charge is 0.334 e. The zero-order valence-electron chi connectivity index (χ0n) is 12.7. The minimum Gasteiger partial charge on any atom is -0.334 e. The van der Waals surface area contributed by atoms with E-state index >= 15 is 0 Å². The lowest BCUT2D eigenvalue weighted by atomic mass is 9.78. The van der Waals surface area contributed by atoms with Gasteiger partial charge in [0, 0.05) is 24.7 Å². The van der Waals surface area contributed by atoms with Crippen molar-refractivity contribution < 1.29 is 4.52 Å². The molecule has 3 atom stereocenters. The summed E-state index contributed by atoms with van der Waals surface area (Å²) in [6.45, 7) is 2.95. The normalized spacial score (nSPS) is 28.7. The van der Waals surface area contributed by atoms with Crippen molar-refractivity contribution in [3.8, 4) is 11.5 Å². The third kappa shape index (κ3) is 2.66. The average molecular weight is 298 g/mol. The average Bonchev–Trinajstić information content (AvgIpc) is 3.16. The summed E-state index contributed by atoms with van der Waals surface area (Å²) in [6, 6.07) is 10.3. The highest BCUT2D eigenvalue weighted by atomic mass is 16.5. The molecule has 5 nitrogen and oxygen atoms in total. The van der Waals surface area contributed by atoms with E-state index in [0.717, 1.165) is 36.9 Å². The van der Waals surface area contributed by atoms with Crippen molar-refractivity contribution >= 4 is 0 Å². The summed E-state index contributed by atoms with van der Waals surface area (Å²) < 4.78 is 5.39. The fourth-order valence-electron chi connectivity index (χ4n) is 3.95. The van der Waals surface area contributed by atoms with Gasteiger partial charge >= 0.3 is 0 Å². The first kappa shape index (κ1) is 13.9. The maximum atomic E-state index is 6.28. The first-order valence-electron chi connectivity index (χ1n) is 8.15. The van der Waals surface area contributed by atoms with Gasteiger partial charge in [-0.1, -0.05) is 29.8 Å². The number of likely N-dealkylation sites (tertiary alicyclic amines) is 1. The van der Waals surface area contributed by atoms with Crippen LogP contribution in [0.2, 0.25) is 0 Å². The summed E-state index contributed by atoms with van der Waals surface area (Å²) in [6.07, 6.45) is 3.77. The van der Waals surface area contributed by atoms with Gasteiger partial charge in [-0.25, -0.2) is 0 Å². The molecule has 0 spiro atoms. The molecule has 2 N–H and O–H groups in total. The topological polar surface area (TPSA) is 68.2 Å². The van der Waals surface area contributed by atoms with Crippen molar-refractivity contribution in [1.29, 1.82) is 0 Å². The second-order valence-corrected chi connectivity index (χ2v) is 6.59. The minimum atomic E-state index is 0.369. The molecule has 2 fully saturated rings. The van der Waals surface area contributed by atoms with Crippen LogP contribution in [0.1, 0.15) is 25.1 Å². The molecule has 1 saturated heterocycles. The molecule has 1 aromatic heterocycles. The van der Waals surface area contributed by atoms with E-state index in [-0.39, 0.29) is 0 Å². The van der Waals surface area contributed by atoms with Crippen LogP contribution in [0.4, 0.5) is 0 Å². The number of hydrogen-bond acceptors (Lipinski definition) is 5. The van der Waals surface area contributed by atoms with Gasteiger partial charge in [-0.2, -0.15) is 4.98 Å². The van der Waals surface area contributed by atoms with Gasteiger partial charge in [0.15, 0.2) is 5.82 Å². The molecule has 1 saturated carbocycles. The quantitative estimate of drug-likeness (QED) is 0.941. The second kappa shape index (κ2) is 5.82. The fraction of sp³-hybridized carbons (Fsp3) is 0.529. The van der Waals surface area contributed by atoms with Gasteiger partial charge in [0.25, 0.3) is 5.89 Å². The fourth-order valence-corrected chi connectivity index (χ4v) is 3.95. The number of aromatic nitrogens is 2. The zero-order chi connectivity index (χ0) is 14.9. The van der Waals surface area contributed by atoms with Gasteiger partial charge in [-0.15, -0.1) is 0 Å². The van der Waals surface area contributed by atoms with Gasteiger partial charge in [-0.05, 0) is 36.8 Å². The Balaban J connectivity index is 1.43. The highest BCUT2D eigenvalue weighted by Gasteiger charge is 2.38. The monoisotopic (exact) mass is 298 g/mol. The number of nitrogens with zero attached hydrogens (tertiary/aromatic N) is 3. The molecule has 1 aromatic carbocycles. The molecular weight excluding hydrogens is 276 g/mol. The molecule has 5 heteroatoms. The van der Waals surface area contributed by atoms with Crippen LogP contribution >= 0.6 is 0 Å². The molecule has 2 aliphatic rings. The molecule has 1 aliphatic carbocycles. The predicted molar refractivity (Wildman–Crippen MR) is 83.8 cm³/mol. The standard InChI is InChI=1S/C17H22N4O/c18-15-8-4-7-13-9-21(10-14(13)15)11-16-19-17(22-20-16)12-5-2-1-3-6-12/h1-3,5-6,13-15H,4,7-11,18H2. The highest BCUT2D eigenvalue weighted by Crippen LogP contribution is 2.35. The third-order valence-corrected chi connectivity index (χ3v) is 5.08. The van der Waals surface area contributed by atoms with E-state index in [9.17, 15) is 0 Å². The maximum absolute atomic E-state index is 6.28. The Morgan fingerprint density at radius 3 is 2.86 bits per heavy atom. The van der Waals surface area contributed by atoms with E-state index in [0.29, 0.717) is 17.9 Å². The predicted octanol–water partition coefficient (Wildman–Crippen LogP) is 2.30. The molecule has 2 aromatic rings. The van der Waals surface area contributed by atoms with E-state index in [4.69, 9.17) is 10.3 Å². The van der Waals surface area contributed by atoms with Crippen molar-refractivity contribution in [3.05, 3.63) is 36.2 Å². The summed E-state index contributed by atoms with van der Waals surface area (Å²) in [5.41, 5.74) is 7.25. The van der Waals surface area contributed by atoms with Crippen LogP contribution in [0.5, 0.6) is 0 Å². The van der Waals surface area contributed by atoms with Gasteiger partial charge in [0.2, 0.25) is 0 Å². The summed E-state index contributed by atoms with van der Waals surface area (Å²) >= 11 is 0. The van der Waals surface area contributed by atoms with Gasteiger partial charge in [0.1, 0.15) is 0 Å². The molecule has 3 unspecified atom stereocenters. The second-order valence-electron chi connectivity index (χ2n) is 6.59. The Morgan fingerprint density at radius 1 is 1.18 bits per heavy atom. The molecule has 116 valence electrons. The molecule has 0 bridgehead atoms. The van der Waals surface area contributed by atoms with Crippen molar-refractivity contribution in [2.75, 3.05) is 13.1 Å². The van der Waals surface area contributed by atoms with Gasteiger partial charge in [0.05, 0.1) is 6.54 Å². The third-order valence-electron chi connectivity index (χ3n) is 5.08.